The minimum absolute atomic E-state index is 0.0876. The zero-order valence-electron chi connectivity index (χ0n) is 17.2. The Labute approximate surface area is 190 Å². The van der Waals surface area contributed by atoms with Gasteiger partial charge in [0.1, 0.15) is 11.0 Å². The lowest BCUT2D eigenvalue weighted by Crippen LogP contribution is -2.71. The summed E-state index contributed by atoms with van der Waals surface area (Å²) in [5.74, 6) is -0.581. The number of carboxylic acid groups (broad SMARTS) is 1. The van der Waals surface area contributed by atoms with Gasteiger partial charge in [-0.25, -0.2) is 4.79 Å². The first kappa shape index (κ1) is 22.9. The van der Waals surface area contributed by atoms with Gasteiger partial charge in [-0.2, -0.15) is 28.6 Å². The van der Waals surface area contributed by atoms with E-state index >= 15 is 0 Å². The molecule has 0 radical (unpaired) electrons. The zero-order chi connectivity index (χ0) is 23.6. The van der Waals surface area contributed by atoms with Crippen molar-refractivity contribution >= 4 is 34.8 Å². The number of carbonyl (C=O) groups excluding carboxylic acids is 1. The van der Waals surface area contributed by atoms with Crippen molar-refractivity contribution in [2.45, 2.75) is 23.0 Å². The first-order valence-corrected chi connectivity index (χ1v) is 11.0. The van der Waals surface area contributed by atoms with E-state index in [1.54, 1.807) is 36.4 Å². The molecule has 2 heterocycles. The summed E-state index contributed by atoms with van der Waals surface area (Å²) in [6.07, 6.45) is -7.13. The first-order chi connectivity index (χ1) is 15.7. The lowest BCUT2D eigenvalue weighted by molar-refractivity contribution is -0.238. The summed E-state index contributed by atoms with van der Waals surface area (Å²) in [7, 11) is 0. The van der Waals surface area contributed by atoms with Crippen LogP contribution in [0.4, 0.5) is 18.0 Å². The summed E-state index contributed by atoms with van der Waals surface area (Å²) in [6.45, 7) is -1.30. The third kappa shape index (κ3) is 4.61. The zero-order valence-corrected chi connectivity index (χ0v) is 18.1. The largest absolute Gasteiger partial charge is 0.465 e. The third-order valence-electron chi connectivity index (χ3n) is 5.66. The number of piperazine rings is 1. The second-order valence-corrected chi connectivity index (χ2v) is 8.75. The van der Waals surface area contributed by atoms with Crippen molar-refractivity contribution in [2.75, 3.05) is 25.4 Å². The smallest absolute Gasteiger partial charge is 0.413 e. The minimum Gasteiger partial charge on any atom is -0.465 e. The first-order valence-electron chi connectivity index (χ1n) is 10.0. The summed E-state index contributed by atoms with van der Waals surface area (Å²) in [5, 5.41) is 20.0. The topological polar surface area (TPSA) is 102 Å². The van der Waals surface area contributed by atoms with Crippen LogP contribution in [0.2, 0.25) is 0 Å². The Kier molecular flexibility index (Phi) is 6.19. The number of benzene rings is 2. The molecule has 1 aliphatic rings. The van der Waals surface area contributed by atoms with Gasteiger partial charge in [-0.1, -0.05) is 30.3 Å². The van der Waals surface area contributed by atoms with Gasteiger partial charge < -0.3 is 10.0 Å². The van der Waals surface area contributed by atoms with Crippen LogP contribution in [0, 0.1) is 0 Å². The minimum atomic E-state index is -4.88. The van der Waals surface area contributed by atoms with Gasteiger partial charge in [0.05, 0.1) is 12.3 Å². The number of alkyl halides is 3. The van der Waals surface area contributed by atoms with Crippen molar-refractivity contribution in [3.8, 4) is 0 Å². The van der Waals surface area contributed by atoms with Crippen LogP contribution in [-0.2, 0) is 11.2 Å². The van der Waals surface area contributed by atoms with Crippen LogP contribution in [0.5, 0.6) is 0 Å². The maximum Gasteiger partial charge on any atom is 0.413 e. The van der Waals surface area contributed by atoms with Crippen LogP contribution >= 0.6 is 11.8 Å². The Morgan fingerprint density at radius 1 is 1.09 bits per heavy atom. The number of nitrogens with zero attached hydrogens (tertiary/aromatic N) is 4. The second-order valence-electron chi connectivity index (χ2n) is 7.70. The van der Waals surface area contributed by atoms with Gasteiger partial charge in [0, 0.05) is 24.4 Å². The molecule has 2 N–H and O–H groups in total. The van der Waals surface area contributed by atoms with E-state index in [1.807, 2.05) is 0 Å². The quantitative estimate of drug-likeness (QED) is 0.544. The van der Waals surface area contributed by atoms with Gasteiger partial charge in [0.25, 0.3) is 0 Å². The van der Waals surface area contributed by atoms with Gasteiger partial charge in [0.15, 0.2) is 5.54 Å². The molecule has 1 atom stereocenters. The van der Waals surface area contributed by atoms with Crippen LogP contribution in [0.1, 0.15) is 5.56 Å². The highest BCUT2D eigenvalue weighted by molar-refractivity contribution is 8.00. The van der Waals surface area contributed by atoms with Crippen molar-refractivity contribution in [3.63, 3.8) is 0 Å². The Morgan fingerprint density at radius 3 is 2.52 bits per heavy atom. The molecule has 33 heavy (non-hydrogen) atoms. The normalized spacial score (nSPS) is 19.1. The van der Waals surface area contributed by atoms with E-state index in [0.717, 1.165) is 9.80 Å². The summed E-state index contributed by atoms with van der Waals surface area (Å²) in [4.78, 5) is 26.9. The molecule has 174 valence electrons. The highest BCUT2D eigenvalue weighted by Gasteiger charge is 2.62. The fourth-order valence-electron chi connectivity index (χ4n) is 3.98. The Hall–Kier alpha value is -3.28. The highest BCUT2D eigenvalue weighted by atomic mass is 32.2. The van der Waals surface area contributed by atoms with E-state index in [4.69, 9.17) is 0 Å². The number of halogens is 3. The molecule has 12 heteroatoms. The maximum absolute atomic E-state index is 14.4. The number of rotatable bonds is 5. The molecule has 1 aromatic heterocycles. The number of thioether (sulfide) groups is 1. The number of aromatic nitrogens is 3. The lowest BCUT2D eigenvalue weighted by Gasteiger charge is -2.50. The van der Waals surface area contributed by atoms with Crippen LogP contribution in [0.3, 0.4) is 0 Å². The number of aromatic amines is 1. The predicted octanol–water partition coefficient (Wildman–Crippen LogP) is 3.42. The van der Waals surface area contributed by atoms with Crippen LogP contribution in [-0.4, -0.2) is 79.4 Å². The van der Waals surface area contributed by atoms with E-state index in [1.165, 1.54) is 23.9 Å². The molecule has 1 fully saturated rings. The maximum atomic E-state index is 14.4. The van der Waals surface area contributed by atoms with E-state index < -0.39 is 43.2 Å². The number of nitrogens with one attached hydrogen (secondary N) is 1. The van der Waals surface area contributed by atoms with Crippen LogP contribution in [0.25, 0.3) is 11.0 Å². The molecule has 0 bridgehead atoms. The van der Waals surface area contributed by atoms with Crippen molar-refractivity contribution in [3.05, 3.63) is 54.1 Å². The average Bonchev–Trinajstić information content (AvgIpc) is 3.25. The van der Waals surface area contributed by atoms with Gasteiger partial charge >= 0.3 is 12.3 Å². The molecule has 3 aromatic rings. The second kappa shape index (κ2) is 8.93. The van der Waals surface area contributed by atoms with Crippen molar-refractivity contribution in [1.29, 1.82) is 0 Å². The van der Waals surface area contributed by atoms with Crippen molar-refractivity contribution in [1.82, 2.24) is 25.2 Å². The van der Waals surface area contributed by atoms with E-state index in [2.05, 4.69) is 15.4 Å². The molecule has 4 rings (SSSR count). The fourth-order valence-corrected chi connectivity index (χ4v) is 4.81. The van der Waals surface area contributed by atoms with Crippen LogP contribution in [0.15, 0.2) is 53.4 Å². The number of hydrogen-bond acceptors (Lipinski definition) is 5. The molecule has 1 saturated heterocycles. The molecule has 2 aromatic carbocycles. The molecular weight excluding hydrogens is 459 g/mol. The number of fused-ring (bicyclic) bond motifs is 1. The van der Waals surface area contributed by atoms with E-state index in [-0.39, 0.29) is 12.3 Å². The summed E-state index contributed by atoms with van der Waals surface area (Å²) >= 11 is 1.18. The van der Waals surface area contributed by atoms with Gasteiger partial charge in [-0.3, -0.25) is 9.69 Å². The van der Waals surface area contributed by atoms with Gasteiger partial charge in [-0.15, -0.1) is 11.8 Å². The van der Waals surface area contributed by atoms with E-state index in [9.17, 15) is 27.9 Å². The third-order valence-corrected chi connectivity index (χ3v) is 6.64. The monoisotopic (exact) mass is 479 g/mol. The summed E-state index contributed by atoms with van der Waals surface area (Å²) in [6, 6.07) is 13.1. The lowest BCUT2D eigenvalue weighted by atomic mass is 9.85. The highest BCUT2D eigenvalue weighted by Crippen LogP contribution is 2.41. The van der Waals surface area contributed by atoms with E-state index in [0.29, 0.717) is 21.5 Å². The molecule has 1 unspecified atom stereocenters. The Balaban J connectivity index is 1.55. The summed E-state index contributed by atoms with van der Waals surface area (Å²) in [5.41, 5.74) is -1.13. The van der Waals surface area contributed by atoms with Crippen molar-refractivity contribution < 1.29 is 27.9 Å². The summed E-state index contributed by atoms with van der Waals surface area (Å²) < 4.78 is 43.3. The molecule has 0 saturated carbocycles. The molecule has 8 nitrogen and oxygen atoms in total. The predicted molar refractivity (Wildman–Crippen MR) is 115 cm³/mol. The number of amides is 2. The number of H-pyrrole nitrogens is 1. The van der Waals surface area contributed by atoms with Gasteiger partial charge in [0.2, 0.25) is 5.91 Å². The fraction of sp³-hybridized carbons (Fsp3) is 0.333. The van der Waals surface area contributed by atoms with Crippen LogP contribution < -0.4 is 0 Å². The Bertz CT molecular complexity index is 1160. The Morgan fingerprint density at radius 2 is 1.82 bits per heavy atom. The SMILES string of the molecule is O=C(CSc1ccc2n[nH]nc2c1)N1CCN(C(=O)O)C(Cc2ccccc2)(C(F)(F)F)C1. The molecule has 0 spiro atoms. The average molecular weight is 479 g/mol. The van der Waals surface area contributed by atoms with Gasteiger partial charge in [-0.05, 0) is 23.8 Å². The standard InChI is InChI=1S/C21H20F3N5O3S/c22-21(23,24)20(11-14-4-2-1-3-5-14)13-28(8-9-29(20)19(31)32)18(30)12-33-15-6-7-16-17(10-15)26-27-25-16/h1-7,10H,8-9,11-13H2,(H,31,32)(H,25,26,27). The molecular formula is C21H20F3N5O3S. The number of hydrogen-bond donors (Lipinski definition) is 2. The molecule has 1 aliphatic heterocycles. The van der Waals surface area contributed by atoms with Crippen molar-refractivity contribution in [2.24, 2.45) is 0 Å². The number of carbonyl (C=O) groups is 2. The molecule has 0 aliphatic carbocycles. The molecule has 2 amide bonds.